The molecule has 3 aromatic carbocycles. The number of nitrogens with zero attached hydrogens (tertiary/aromatic N) is 2. The van der Waals surface area contributed by atoms with Gasteiger partial charge < -0.3 is 14.6 Å². The highest BCUT2D eigenvalue weighted by Gasteiger charge is 2.38. The van der Waals surface area contributed by atoms with Crippen molar-refractivity contribution in [2.75, 3.05) is 0 Å². The van der Waals surface area contributed by atoms with E-state index in [1.165, 1.54) is 16.3 Å². The average Bonchev–Trinajstić information content (AvgIpc) is 3.36. The van der Waals surface area contributed by atoms with Crippen LogP contribution in [0.15, 0.2) is 72.8 Å². The molecule has 0 saturated heterocycles. The third-order valence-corrected chi connectivity index (χ3v) is 7.13. The van der Waals surface area contributed by atoms with Crippen LogP contribution in [0.25, 0.3) is 10.8 Å². The molecule has 6 nitrogen and oxygen atoms in total. The Hall–Kier alpha value is -3.93. The van der Waals surface area contributed by atoms with Crippen molar-refractivity contribution in [1.82, 2.24) is 9.97 Å². The van der Waals surface area contributed by atoms with Gasteiger partial charge in [0.25, 0.3) is 5.88 Å². The topological polar surface area (TPSA) is 81.5 Å². The Labute approximate surface area is 223 Å². The van der Waals surface area contributed by atoms with Gasteiger partial charge in [-0.2, -0.15) is 4.98 Å². The molecule has 1 aliphatic rings. The SMILES string of the molecule is CC(C)(C)OC(=O)c1nc(CC2(c3ccc4ccccc4c3)CCCC2)nc(O)c1OCc1ccccc1. The Morgan fingerprint density at radius 1 is 0.921 bits per heavy atom. The molecule has 0 atom stereocenters. The summed E-state index contributed by atoms with van der Waals surface area (Å²) in [5.41, 5.74) is 1.18. The van der Waals surface area contributed by atoms with E-state index in [1.54, 1.807) is 20.8 Å². The van der Waals surface area contributed by atoms with Crippen LogP contribution in [0.5, 0.6) is 11.6 Å². The van der Waals surface area contributed by atoms with Crippen molar-refractivity contribution in [2.45, 2.75) is 70.5 Å². The number of esters is 1. The monoisotopic (exact) mass is 510 g/mol. The Morgan fingerprint density at radius 3 is 2.32 bits per heavy atom. The first-order valence-electron chi connectivity index (χ1n) is 13.2. The summed E-state index contributed by atoms with van der Waals surface area (Å²) in [6.45, 7) is 5.55. The number of benzene rings is 3. The van der Waals surface area contributed by atoms with Gasteiger partial charge in [0.15, 0.2) is 5.69 Å². The molecule has 0 unspecified atom stereocenters. The minimum Gasteiger partial charge on any atom is -0.491 e. The Bertz CT molecular complexity index is 1440. The summed E-state index contributed by atoms with van der Waals surface area (Å²) in [7, 11) is 0. The fourth-order valence-electron chi connectivity index (χ4n) is 5.33. The predicted octanol–water partition coefficient (Wildman–Crippen LogP) is 6.92. The van der Waals surface area contributed by atoms with Gasteiger partial charge in [-0.1, -0.05) is 85.6 Å². The molecule has 0 amide bonds. The van der Waals surface area contributed by atoms with Crippen molar-refractivity contribution in [1.29, 1.82) is 0 Å². The third-order valence-electron chi connectivity index (χ3n) is 7.13. The highest BCUT2D eigenvalue weighted by atomic mass is 16.6. The molecule has 0 radical (unpaired) electrons. The minimum atomic E-state index is -0.730. The summed E-state index contributed by atoms with van der Waals surface area (Å²) in [5.74, 6) is -0.646. The van der Waals surface area contributed by atoms with E-state index in [-0.39, 0.29) is 29.3 Å². The normalized spacial score (nSPS) is 14.9. The average molecular weight is 511 g/mol. The van der Waals surface area contributed by atoms with Gasteiger partial charge in [0.2, 0.25) is 5.75 Å². The number of aromatic hydroxyl groups is 1. The summed E-state index contributed by atoms with van der Waals surface area (Å²) >= 11 is 0. The molecule has 5 rings (SSSR count). The molecule has 0 spiro atoms. The highest BCUT2D eigenvalue weighted by molar-refractivity contribution is 5.91. The molecular formula is C32H34N2O4. The van der Waals surface area contributed by atoms with Crippen molar-refractivity contribution in [3.05, 3.63) is 95.4 Å². The van der Waals surface area contributed by atoms with E-state index in [4.69, 9.17) is 9.47 Å². The van der Waals surface area contributed by atoms with E-state index >= 15 is 0 Å². The first-order chi connectivity index (χ1) is 18.2. The first kappa shape index (κ1) is 25.7. The minimum absolute atomic E-state index is 0.0509. The Kier molecular flexibility index (Phi) is 7.06. The molecule has 0 aliphatic heterocycles. The molecule has 38 heavy (non-hydrogen) atoms. The molecule has 1 aliphatic carbocycles. The molecule has 4 aromatic rings. The Morgan fingerprint density at radius 2 is 1.61 bits per heavy atom. The first-order valence-corrected chi connectivity index (χ1v) is 13.2. The molecule has 6 heteroatoms. The number of fused-ring (bicyclic) bond motifs is 1. The second-order valence-electron chi connectivity index (χ2n) is 11.1. The lowest BCUT2D eigenvalue weighted by atomic mass is 9.75. The van der Waals surface area contributed by atoms with Gasteiger partial charge in [-0.3, -0.25) is 0 Å². The van der Waals surface area contributed by atoms with Crippen LogP contribution in [0, 0.1) is 0 Å². The number of aromatic nitrogens is 2. The quantitative estimate of drug-likeness (QED) is 0.272. The van der Waals surface area contributed by atoms with Gasteiger partial charge in [-0.05, 0) is 55.5 Å². The molecule has 1 aromatic heterocycles. The molecule has 1 heterocycles. The van der Waals surface area contributed by atoms with Crippen LogP contribution >= 0.6 is 0 Å². The Balaban J connectivity index is 1.51. The number of carbonyl (C=O) groups is 1. The van der Waals surface area contributed by atoms with Gasteiger partial charge in [0.05, 0.1) is 0 Å². The molecule has 196 valence electrons. The zero-order valence-corrected chi connectivity index (χ0v) is 22.2. The molecule has 1 N–H and O–H groups in total. The number of carbonyl (C=O) groups excluding carboxylic acids is 1. The predicted molar refractivity (Wildman–Crippen MR) is 147 cm³/mol. The highest BCUT2D eigenvalue weighted by Crippen LogP contribution is 2.44. The lowest BCUT2D eigenvalue weighted by Crippen LogP contribution is -2.28. The molecule has 0 bridgehead atoms. The van der Waals surface area contributed by atoms with E-state index in [9.17, 15) is 9.90 Å². The summed E-state index contributed by atoms with van der Waals surface area (Å²) in [5, 5.41) is 13.4. The lowest BCUT2D eigenvalue weighted by molar-refractivity contribution is 0.00564. The summed E-state index contributed by atoms with van der Waals surface area (Å²) in [6, 6.07) is 24.5. The number of hydrogen-bond donors (Lipinski definition) is 1. The lowest BCUT2D eigenvalue weighted by Gasteiger charge is -2.30. The van der Waals surface area contributed by atoms with Gasteiger partial charge in [0, 0.05) is 11.8 Å². The maximum absolute atomic E-state index is 13.2. The van der Waals surface area contributed by atoms with Crippen LogP contribution in [-0.4, -0.2) is 26.6 Å². The molecular weight excluding hydrogens is 476 g/mol. The summed E-state index contributed by atoms with van der Waals surface area (Å²) in [6.07, 6.45) is 4.70. The van der Waals surface area contributed by atoms with E-state index in [2.05, 4.69) is 46.4 Å². The smallest absolute Gasteiger partial charge is 0.361 e. The standard InChI is InChI=1S/C32H34N2O4/c1-31(2,3)38-30(36)27-28(37-21-22-11-5-4-6-12-22)29(35)34-26(33-27)20-32(17-9-10-18-32)25-16-15-23-13-7-8-14-24(23)19-25/h4-8,11-16,19H,9-10,17-18,20-21H2,1-3H3,(H,33,34,35). The van der Waals surface area contributed by atoms with E-state index in [0.717, 1.165) is 31.2 Å². The zero-order valence-electron chi connectivity index (χ0n) is 22.2. The maximum Gasteiger partial charge on any atom is 0.361 e. The van der Waals surface area contributed by atoms with Crippen LogP contribution in [0.3, 0.4) is 0 Å². The summed E-state index contributed by atoms with van der Waals surface area (Å²) < 4.78 is 11.5. The van der Waals surface area contributed by atoms with Crippen LogP contribution in [0.4, 0.5) is 0 Å². The largest absolute Gasteiger partial charge is 0.491 e. The maximum atomic E-state index is 13.2. The second kappa shape index (κ2) is 10.4. The van der Waals surface area contributed by atoms with Gasteiger partial charge in [-0.15, -0.1) is 0 Å². The van der Waals surface area contributed by atoms with E-state index in [0.29, 0.717) is 12.2 Å². The van der Waals surface area contributed by atoms with E-state index < -0.39 is 11.6 Å². The zero-order chi connectivity index (χ0) is 26.8. The second-order valence-corrected chi connectivity index (χ2v) is 11.1. The van der Waals surface area contributed by atoms with Crippen molar-refractivity contribution in [3.8, 4) is 11.6 Å². The van der Waals surface area contributed by atoms with Crippen molar-refractivity contribution >= 4 is 16.7 Å². The van der Waals surface area contributed by atoms with Crippen molar-refractivity contribution in [2.24, 2.45) is 0 Å². The van der Waals surface area contributed by atoms with Crippen LogP contribution in [0.2, 0.25) is 0 Å². The number of hydrogen-bond acceptors (Lipinski definition) is 6. The fourth-order valence-corrected chi connectivity index (χ4v) is 5.33. The van der Waals surface area contributed by atoms with Crippen LogP contribution in [-0.2, 0) is 23.2 Å². The fraction of sp³-hybridized carbons (Fsp3) is 0.344. The third kappa shape index (κ3) is 5.64. The summed E-state index contributed by atoms with van der Waals surface area (Å²) in [4.78, 5) is 22.3. The molecule has 1 fully saturated rings. The van der Waals surface area contributed by atoms with Crippen LogP contribution in [0.1, 0.15) is 73.9 Å². The number of rotatable bonds is 7. The van der Waals surface area contributed by atoms with Crippen LogP contribution < -0.4 is 4.74 Å². The van der Waals surface area contributed by atoms with Crippen molar-refractivity contribution < 1.29 is 19.4 Å². The van der Waals surface area contributed by atoms with Crippen molar-refractivity contribution in [3.63, 3.8) is 0 Å². The van der Waals surface area contributed by atoms with Gasteiger partial charge in [-0.25, -0.2) is 9.78 Å². The number of ether oxygens (including phenoxy) is 2. The molecule has 1 saturated carbocycles. The van der Waals surface area contributed by atoms with E-state index in [1.807, 2.05) is 36.4 Å². The van der Waals surface area contributed by atoms with Gasteiger partial charge in [0.1, 0.15) is 18.0 Å². The van der Waals surface area contributed by atoms with Gasteiger partial charge >= 0.3 is 5.97 Å².